The molecule has 0 radical (unpaired) electrons. The van der Waals surface area contributed by atoms with Crippen LogP contribution < -0.4 is 5.32 Å². The van der Waals surface area contributed by atoms with Crippen LogP contribution in [0.2, 0.25) is 0 Å². The summed E-state index contributed by atoms with van der Waals surface area (Å²) in [5.74, 6) is -1.25. The van der Waals surface area contributed by atoms with E-state index < -0.39 is 17.9 Å². The molecule has 2 unspecified atom stereocenters. The van der Waals surface area contributed by atoms with Crippen LogP contribution in [-0.4, -0.2) is 28.8 Å². The number of rotatable bonds is 3. The lowest BCUT2D eigenvalue weighted by atomic mass is 9.87. The number of carbonyl (C=O) groups excluding carboxylic acids is 3. The van der Waals surface area contributed by atoms with Crippen LogP contribution in [0.25, 0.3) is 0 Å². The summed E-state index contributed by atoms with van der Waals surface area (Å²) < 4.78 is 0. The molecule has 1 N–H and O–H groups in total. The molecule has 0 aromatic rings. The van der Waals surface area contributed by atoms with Crippen LogP contribution in [0, 0.1) is 11.8 Å². The van der Waals surface area contributed by atoms with Crippen LogP contribution in [0.3, 0.4) is 0 Å². The number of hydrogen-bond donors (Lipinski definition) is 1. The Bertz CT molecular complexity index is 374. The normalized spacial score (nSPS) is 27.6. The molecule has 100 valence electrons. The Labute approximate surface area is 107 Å². The number of imide groups is 2. The fourth-order valence-electron chi connectivity index (χ4n) is 2.91. The van der Waals surface area contributed by atoms with Crippen LogP contribution in [0.1, 0.15) is 46.0 Å². The Morgan fingerprint density at radius 3 is 2.44 bits per heavy atom. The van der Waals surface area contributed by atoms with Crippen molar-refractivity contribution in [2.75, 3.05) is 0 Å². The summed E-state index contributed by atoms with van der Waals surface area (Å²) in [7, 11) is 0. The number of hydrogen-bond acceptors (Lipinski definition) is 3. The van der Waals surface area contributed by atoms with Crippen molar-refractivity contribution < 1.29 is 14.4 Å². The molecule has 1 aliphatic carbocycles. The van der Waals surface area contributed by atoms with Gasteiger partial charge in [0.15, 0.2) is 0 Å². The van der Waals surface area contributed by atoms with E-state index >= 15 is 0 Å². The number of urea groups is 1. The summed E-state index contributed by atoms with van der Waals surface area (Å²) in [6.07, 6.45) is 4.65. The molecule has 2 rings (SSSR count). The Hall–Kier alpha value is -1.39. The minimum atomic E-state index is -0.654. The molecule has 0 bridgehead atoms. The molecular formula is C13H20N2O3. The first-order chi connectivity index (χ1) is 8.56. The fourth-order valence-corrected chi connectivity index (χ4v) is 2.91. The summed E-state index contributed by atoms with van der Waals surface area (Å²) in [6, 6.07) is -0.719. The molecular weight excluding hydrogens is 232 g/mol. The monoisotopic (exact) mass is 252 g/mol. The standard InChI is InChI=1S/C13H20N2O3/c1-3-8(2)15-12(17)10(9-6-4-5-7-9)11(16)14-13(15)18/h8-10H,3-7H2,1-2H3,(H,14,16,18). The van der Waals surface area contributed by atoms with Gasteiger partial charge >= 0.3 is 6.03 Å². The number of amides is 4. The smallest absolute Gasteiger partial charge is 0.277 e. The molecule has 1 saturated heterocycles. The fraction of sp³-hybridized carbons (Fsp3) is 0.769. The summed E-state index contributed by atoms with van der Waals surface area (Å²) in [5, 5.41) is 2.33. The lowest BCUT2D eigenvalue weighted by Crippen LogP contribution is -2.61. The van der Waals surface area contributed by atoms with Crippen LogP contribution in [0.4, 0.5) is 4.79 Å². The van der Waals surface area contributed by atoms with Crippen LogP contribution in [0.15, 0.2) is 0 Å². The van der Waals surface area contributed by atoms with E-state index in [1.165, 1.54) is 4.90 Å². The van der Waals surface area contributed by atoms with E-state index in [4.69, 9.17) is 0 Å². The summed E-state index contributed by atoms with van der Waals surface area (Å²) in [6.45, 7) is 3.76. The number of barbiturate groups is 1. The van der Waals surface area contributed by atoms with Crippen molar-refractivity contribution in [3.05, 3.63) is 0 Å². The van der Waals surface area contributed by atoms with Gasteiger partial charge in [0.2, 0.25) is 11.8 Å². The van der Waals surface area contributed by atoms with Gasteiger partial charge in [0, 0.05) is 6.04 Å². The van der Waals surface area contributed by atoms with E-state index in [-0.39, 0.29) is 17.9 Å². The molecule has 5 heteroatoms. The van der Waals surface area contributed by atoms with E-state index in [9.17, 15) is 14.4 Å². The molecule has 2 aliphatic rings. The van der Waals surface area contributed by atoms with Crippen molar-refractivity contribution in [2.45, 2.75) is 52.0 Å². The van der Waals surface area contributed by atoms with Crippen LogP contribution in [-0.2, 0) is 9.59 Å². The van der Waals surface area contributed by atoms with E-state index in [1.807, 2.05) is 13.8 Å². The first-order valence-corrected chi connectivity index (χ1v) is 6.74. The van der Waals surface area contributed by atoms with Crippen molar-refractivity contribution in [3.63, 3.8) is 0 Å². The third-order valence-corrected chi connectivity index (χ3v) is 4.14. The SMILES string of the molecule is CCC(C)N1C(=O)NC(=O)C(C2CCCC2)C1=O. The van der Waals surface area contributed by atoms with E-state index in [0.29, 0.717) is 6.42 Å². The van der Waals surface area contributed by atoms with Gasteiger partial charge in [-0.2, -0.15) is 0 Å². The molecule has 0 spiro atoms. The van der Waals surface area contributed by atoms with Gasteiger partial charge in [-0.1, -0.05) is 19.8 Å². The number of nitrogens with one attached hydrogen (secondary N) is 1. The molecule has 1 heterocycles. The second-order valence-electron chi connectivity index (χ2n) is 5.28. The first-order valence-electron chi connectivity index (χ1n) is 6.74. The van der Waals surface area contributed by atoms with Gasteiger partial charge < -0.3 is 0 Å². The zero-order chi connectivity index (χ0) is 13.3. The van der Waals surface area contributed by atoms with Gasteiger partial charge in [-0.15, -0.1) is 0 Å². The zero-order valence-corrected chi connectivity index (χ0v) is 10.9. The number of carbonyl (C=O) groups is 3. The molecule has 2 atom stereocenters. The number of nitrogens with zero attached hydrogens (tertiary/aromatic N) is 1. The Kier molecular flexibility index (Phi) is 3.68. The third kappa shape index (κ3) is 2.13. The average molecular weight is 252 g/mol. The summed E-state index contributed by atoms with van der Waals surface area (Å²) in [5.41, 5.74) is 0. The highest BCUT2D eigenvalue weighted by molar-refractivity contribution is 6.16. The maximum Gasteiger partial charge on any atom is 0.331 e. The highest BCUT2D eigenvalue weighted by atomic mass is 16.2. The van der Waals surface area contributed by atoms with Gasteiger partial charge in [0.1, 0.15) is 5.92 Å². The highest BCUT2D eigenvalue weighted by Gasteiger charge is 2.46. The van der Waals surface area contributed by atoms with E-state index in [1.54, 1.807) is 0 Å². The zero-order valence-electron chi connectivity index (χ0n) is 10.9. The quantitative estimate of drug-likeness (QED) is 0.777. The summed E-state index contributed by atoms with van der Waals surface area (Å²) >= 11 is 0. The lowest BCUT2D eigenvalue weighted by molar-refractivity contribution is -0.146. The molecule has 0 aromatic carbocycles. The second kappa shape index (κ2) is 5.08. The van der Waals surface area contributed by atoms with Crippen LogP contribution >= 0.6 is 0 Å². The molecule has 1 aliphatic heterocycles. The van der Waals surface area contributed by atoms with Gasteiger partial charge in [0.25, 0.3) is 0 Å². The maximum atomic E-state index is 12.4. The Balaban J connectivity index is 2.21. The molecule has 4 amide bonds. The predicted molar refractivity (Wildman–Crippen MR) is 65.6 cm³/mol. The van der Waals surface area contributed by atoms with Crippen molar-refractivity contribution in [1.82, 2.24) is 10.2 Å². The van der Waals surface area contributed by atoms with Crippen molar-refractivity contribution in [3.8, 4) is 0 Å². The minimum absolute atomic E-state index is 0.108. The van der Waals surface area contributed by atoms with Crippen LogP contribution in [0.5, 0.6) is 0 Å². The average Bonchev–Trinajstić information content (AvgIpc) is 2.81. The maximum absolute atomic E-state index is 12.4. The van der Waals surface area contributed by atoms with Gasteiger partial charge in [-0.3, -0.25) is 19.8 Å². The molecule has 5 nitrogen and oxygen atoms in total. The van der Waals surface area contributed by atoms with Gasteiger partial charge in [-0.25, -0.2) is 4.79 Å². The largest absolute Gasteiger partial charge is 0.331 e. The lowest BCUT2D eigenvalue weighted by Gasteiger charge is -2.35. The minimum Gasteiger partial charge on any atom is -0.277 e. The van der Waals surface area contributed by atoms with Crippen molar-refractivity contribution >= 4 is 17.8 Å². The van der Waals surface area contributed by atoms with E-state index in [0.717, 1.165) is 25.7 Å². The third-order valence-electron chi connectivity index (χ3n) is 4.14. The second-order valence-corrected chi connectivity index (χ2v) is 5.28. The first kappa shape index (κ1) is 13.1. The topological polar surface area (TPSA) is 66.5 Å². The Morgan fingerprint density at radius 1 is 1.28 bits per heavy atom. The Morgan fingerprint density at radius 2 is 1.89 bits per heavy atom. The predicted octanol–water partition coefficient (Wildman–Crippen LogP) is 1.67. The molecule has 1 saturated carbocycles. The van der Waals surface area contributed by atoms with Crippen molar-refractivity contribution in [2.24, 2.45) is 11.8 Å². The van der Waals surface area contributed by atoms with Gasteiger partial charge in [-0.05, 0) is 32.1 Å². The van der Waals surface area contributed by atoms with Gasteiger partial charge in [0.05, 0.1) is 0 Å². The summed E-state index contributed by atoms with van der Waals surface area (Å²) in [4.78, 5) is 37.2. The molecule has 0 aromatic heterocycles. The van der Waals surface area contributed by atoms with E-state index in [2.05, 4.69) is 5.32 Å². The molecule has 2 fully saturated rings. The highest BCUT2D eigenvalue weighted by Crippen LogP contribution is 2.34. The molecule has 18 heavy (non-hydrogen) atoms. The van der Waals surface area contributed by atoms with Crippen molar-refractivity contribution in [1.29, 1.82) is 0 Å².